The van der Waals surface area contributed by atoms with Gasteiger partial charge in [-0.15, -0.1) is 11.3 Å². The van der Waals surface area contributed by atoms with Crippen molar-refractivity contribution in [3.63, 3.8) is 0 Å². The molecule has 7 heteroatoms. The van der Waals surface area contributed by atoms with Crippen molar-refractivity contribution in [1.82, 2.24) is 14.5 Å². The molecule has 3 heterocycles. The maximum absolute atomic E-state index is 12.3. The number of nitrogens with zero attached hydrogens (tertiary/aromatic N) is 3. The maximum Gasteiger partial charge on any atom is 0.309 e. The molecular weight excluding hydrogens is 554 g/mol. The molecule has 0 saturated carbocycles. The van der Waals surface area contributed by atoms with Crippen molar-refractivity contribution in [3.8, 4) is 16.3 Å². The van der Waals surface area contributed by atoms with E-state index in [9.17, 15) is 9.90 Å². The van der Waals surface area contributed by atoms with Crippen molar-refractivity contribution in [2.24, 2.45) is 10.8 Å². The molecule has 0 aliphatic carbocycles. The molecule has 3 aromatic heterocycles. The van der Waals surface area contributed by atoms with E-state index < -0.39 is 11.4 Å². The van der Waals surface area contributed by atoms with Crippen LogP contribution in [-0.2, 0) is 30.6 Å². The van der Waals surface area contributed by atoms with Crippen LogP contribution in [0.1, 0.15) is 63.6 Å². The molecular formula is C36H41N3O3S. The second-order valence-corrected chi connectivity index (χ2v) is 14.0. The Morgan fingerprint density at radius 2 is 1.74 bits per heavy atom. The number of carboxylic acids is 1. The lowest BCUT2D eigenvalue weighted by atomic mass is 9.84. The summed E-state index contributed by atoms with van der Waals surface area (Å²) < 4.78 is 8.55. The third-order valence-corrected chi connectivity index (χ3v) is 8.72. The number of carboxylic acid groups (broad SMARTS) is 1. The van der Waals surface area contributed by atoms with Crippen molar-refractivity contribution in [3.05, 3.63) is 101 Å². The van der Waals surface area contributed by atoms with Gasteiger partial charge < -0.3 is 14.4 Å². The van der Waals surface area contributed by atoms with Crippen LogP contribution in [-0.4, -0.2) is 32.2 Å². The van der Waals surface area contributed by atoms with Gasteiger partial charge in [0.2, 0.25) is 0 Å². The van der Waals surface area contributed by atoms with E-state index in [4.69, 9.17) is 4.74 Å². The van der Waals surface area contributed by atoms with Gasteiger partial charge in [0.25, 0.3) is 0 Å². The second-order valence-electron chi connectivity index (χ2n) is 13.1. The maximum atomic E-state index is 12.3. The molecule has 5 aromatic rings. The molecule has 0 radical (unpaired) electrons. The monoisotopic (exact) mass is 595 g/mol. The Bertz CT molecular complexity index is 1670. The molecule has 0 aliphatic rings. The van der Waals surface area contributed by atoms with Gasteiger partial charge >= 0.3 is 5.97 Å². The Morgan fingerprint density at radius 1 is 0.953 bits per heavy atom. The summed E-state index contributed by atoms with van der Waals surface area (Å²) in [6, 6.07) is 20.8. The average Bonchev–Trinajstić information content (AvgIpc) is 3.60. The first-order valence-corrected chi connectivity index (χ1v) is 15.8. The van der Waals surface area contributed by atoms with Crippen LogP contribution in [0.4, 0.5) is 0 Å². The largest absolute Gasteiger partial charge is 0.493 e. The van der Waals surface area contributed by atoms with Crippen LogP contribution in [0.2, 0.25) is 0 Å². The third kappa shape index (κ3) is 7.52. The lowest BCUT2D eigenvalue weighted by Crippen LogP contribution is -2.28. The van der Waals surface area contributed by atoms with E-state index in [0.29, 0.717) is 19.6 Å². The fourth-order valence-electron chi connectivity index (χ4n) is 5.32. The highest BCUT2D eigenvalue weighted by atomic mass is 32.1. The van der Waals surface area contributed by atoms with Crippen LogP contribution in [0.25, 0.3) is 21.5 Å². The number of rotatable bonds is 12. The SMILES string of the molecule is CC(C)(C)CCc1c(CC(C)(C)C(=O)O)n(Cc2ccc(-c3nccs3)cc2)c2ccc(OCCc3ccccn3)cc12. The summed E-state index contributed by atoms with van der Waals surface area (Å²) in [6.45, 7) is 11.6. The van der Waals surface area contributed by atoms with Gasteiger partial charge in [0.15, 0.2) is 0 Å². The predicted octanol–water partition coefficient (Wildman–Crippen LogP) is 8.46. The van der Waals surface area contributed by atoms with E-state index in [1.807, 2.05) is 49.7 Å². The molecule has 224 valence electrons. The highest BCUT2D eigenvalue weighted by molar-refractivity contribution is 7.13. The second kappa shape index (κ2) is 12.7. The van der Waals surface area contributed by atoms with Crippen LogP contribution in [0.5, 0.6) is 5.75 Å². The van der Waals surface area contributed by atoms with Crippen molar-refractivity contribution in [1.29, 1.82) is 0 Å². The molecule has 0 fully saturated rings. The summed E-state index contributed by atoms with van der Waals surface area (Å²) in [4.78, 5) is 21.2. The van der Waals surface area contributed by atoms with E-state index in [1.165, 1.54) is 5.56 Å². The number of hydrogen-bond donors (Lipinski definition) is 1. The smallest absolute Gasteiger partial charge is 0.309 e. The Labute approximate surface area is 258 Å². The van der Waals surface area contributed by atoms with E-state index >= 15 is 0 Å². The first kappa shape index (κ1) is 30.5. The molecule has 1 N–H and O–H groups in total. The number of hydrogen-bond acceptors (Lipinski definition) is 5. The number of aryl methyl sites for hydroxylation is 1. The predicted molar refractivity (Wildman–Crippen MR) is 175 cm³/mol. The molecule has 0 saturated heterocycles. The fraction of sp³-hybridized carbons (Fsp3) is 0.361. The van der Waals surface area contributed by atoms with Gasteiger partial charge in [-0.3, -0.25) is 9.78 Å². The first-order chi connectivity index (χ1) is 20.5. The number of fused-ring (bicyclic) bond motifs is 1. The van der Waals surface area contributed by atoms with Gasteiger partial charge in [-0.05, 0) is 73.6 Å². The average molecular weight is 596 g/mol. The van der Waals surface area contributed by atoms with Gasteiger partial charge in [0.1, 0.15) is 10.8 Å². The molecule has 43 heavy (non-hydrogen) atoms. The highest BCUT2D eigenvalue weighted by Gasteiger charge is 2.32. The number of ether oxygens (including phenoxy) is 1. The molecule has 6 nitrogen and oxygen atoms in total. The minimum atomic E-state index is -0.917. The molecule has 2 aromatic carbocycles. The minimum absolute atomic E-state index is 0.135. The fourth-order valence-corrected chi connectivity index (χ4v) is 5.97. The number of aromatic nitrogens is 3. The summed E-state index contributed by atoms with van der Waals surface area (Å²) in [5.74, 6) is 0.0202. The summed E-state index contributed by atoms with van der Waals surface area (Å²) in [7, 11) is 0. The number of aliphatic carboxylic acids is 1. The number of pyridine rings is 1. The molecule has 0 amide bonds. The lowest BCUT2D eigenvalue weighted by Gasteiger charge is -2.23. The van der Waals surface area contributed by atoms with Gasteiger partial charge in [-0.1, -0.05) is 51.1 Å². The van der Waals surface area contributed by atoms with Crippen molar-refractivity contribution in [2.75, 3.05) is 6.61 Å². The van der Waals surface area contributed by atoms with E-state index in [1.54, 1.807) is 17.5 Å². The lowest BCUT2D eigenvalue weighted by molar-refractivity contribution is -0.146. The quantitative estimate of drug-likeness (QED) is 0.157. The molecule has 0 atom stereocenters. The third-order valence-electron chi connectivity index (χ3n) is 7.90. The molecule has 0 spiro atoms. The zero-order chi connectivity index (χ0) is 30.6. The van der Waals surface area contributed by atoms with Gasteiger partial charge in [0.05, 0.1) is 12.0 Å². The Balaban J connectivity index is 1.55. The molecule has 0 aliphatic heterocycles. The summed E-state index contributed by atoms with van der Waals surface area (Å²) in [5.41, 5.74) is 5.87. The van der Waals surface area contributed by atoms with Gasteiger partial charge in [-0.25, -0.2) is 4.98 Å². The topological polar surface area (TPSA) is 77.2 Å². The zero-order valence-corrected chi connectivity index (χ0v) is 26.6. The van der Waals surface area contributed by atoms with Crippen LogP contribution in [0.15, 0.2) is 78.4 Å². The molecule has 0 unspecified atom stereocenters. The standard InChI is InChI=1S/C36H41N3O3S/c1-35(2,3)17-15-29-30-22-28(42-20-16-27-8-6-7-18-37-27)13-14-31(30)39(32(29)23-36(4,5)34(40)41)24-25-9-11-26(12-10-25)33-38-19-21-43-33/h6-14,18-19,21-22H,15-17,20,23-24H2,1-5H3,(H,40,41). The summed E-state index contributed by atoms with van der Waals surface area (Å²) in [6.07, 6.45) is 6.64. The van der Waals surface area contributed by atoms with Gasteiger partial charge in [0, 0.05) is 65.0 Å². The van der Waals surface area contributed by atoms with Crippen LogP contribution < -0.4 is 4.74 Å². The van der Waals surface area contributed by atoms with Crippen molar-refractivity contribution < 1.29 is 14.6 Å². The molecule has 5 rings (SSSR count). The number of benzene rings is 2. The zero-order valence-electron chi connectivity index (χ0n) is 25.8. The van der Waals surface area contributed by atoms with E-state index in [-0.39, 0.29) is 5.41 Å². The van der Waals surface area contributed by atoms with Gasteiger partial charge in [-0.2, -0.15) is 0 Å². The molecule has 0 bridgehead atoms. The van der Waals surface area contributed by atoms with Crippen molar-refractivity contribution in [2.45, 2.75) is 66.8 Å². The summed E-state index contributed by atoms with van der Waals surface area (Å²) >= 11 is 1.63. The Kier molecular flexibility index (Phi) is 9.02. The van der Waals surface area contributed by atoms with Crippen LogP contribution >= 0.6 is 11.3 Å². The summed E-state index contributed by atoms with van der Waals surface area (Å²) in [5, 5.41) is 14.2. The highest BCUT2D eigenvalue weighted by Crippen LogP contribution is 2.37. The van der Waals surface area contributed by atoms with Crippen LogP contribution in [0.3, 0.4) is 0 Å². The Hall–Kier alpha value is -3.97. The van der Waals surface area contributed by atoms with E-state index in [2.05, 4.69) is 71.7 Å². The number of carbonyl (C=O) groups is 1. The van der Waals surface area contributed by atoms with Crippen molar-refractivity contribution >= 4 is 28.2 Å². The minimum Gasteiger partial charge on any atom is -0.493 e. The number of thiazole rings is 1. The van der Waals surface area contributed by atoms with Crippen LogP contribution in [0, 0.1) is 10.8 Å². The van der Waals surface area contributed by atoms with E-state index in [0.717, 1.165) is 63.4 Å². The first-order valence-electron chi connectivity index (χ1n) is 14.9. The normalized spacial score (nSPS) is 12.1. The Morgan fingerprint density at radius 3 is 2.40 bits per heavy atom.